The van der Waals surface area contributed by atoms with E-state index in [4.69, 9.17) is 0 Å². The van der Waals surface area contributed by atoms with Crippen LogP contribution >= 0.6 is 0 Å². The van der Waals surface area contributed by atoms with E-state index >= 15 is 0 Å². The molecule has 1 aliphatic carbocycles. The summed E-state index contributed by atoms with van der Waals surface area (Å²) < 4.78 is 24.5. The van der Waals surface area contributed by atoms with E-state index in [-0.39, 0.29) is 18.1 Å². The second-order valence-corrected chi connectivity index (χ2v) is 7.48. The van der Waals surface area contributed by atoms with Gasteiger partial charge in [-0.1, -0.05) is 0 Å². The first-order valence-corrected chi connectivity index (χ1v) is 8.68. The lowest BCUT2D eigenvalue weighted by atomic mass is 9.93. The summed E-state index contributed by atoms with van der Waals surface area (Å²) in [5, 5.41) is 12.3. The molecule has 0 radical (unpaired) electrons. The van der Waals surface area contributed by atoms with Crippen LogP contribution in [0.1, 0.15) is 38.5 Å². The number of carbonyl (C=O) groups excluding carboxylic acids is 1. The zero-order valence-corrected chi connectivity index (χ0v) is 12.0. The smallest absolute Gasteiger partial charge is 0.238 e. The number of rotatable bonds is 3. The largest absolute Gasteiger partial charge is 0.393 e. The average molecular weight is 290 g/mol. The maximum absolute atomic E-state index is 12.2. The van der Waals surface area contributed by atoms with E-state index in [0.29, 0.717) is 25.8 Å². The summed E-state index contributed by atoms with van der Waals surface area (Å²) in [6.45, 7) is 0.431. The van der Waals surface area contributed by atoms with Gasteiger partial charge < -0.3 is 10.4 Å². The molecule has 1 atom stereocenters. The van der Waals surface area contributed by atoms with Gasteiger partial charge in [-0.05, 0) is 38.5 Å². The van der Waals surface area contributed by atoms with Gasteiger partial charge in [0.1, 0.15) is 6.04 Å². The Labute approximate surface area is 114 Å². The fraction of sp³-hybridized carbons (Fsp3) is 0.917. The van der Waals surface area contributed by atoms with Gasteiger partial charge in [-0.25, -0.2) is 8.42 Å². The molecule has 0 aromatic carbocycles. The first-order valence-electron chi connectivity index (χ1n) is 6.83. The number of amides is 1. The lowest BCUT2D eigenvalue weighted by Gasteiger charge is -2.29. The minimum Gasteiger partial charge on any atom is -0.393 e. The Morgan fingerprint density at radius 1 is 1.21 bits per heavy atom. The van der Waals surface area contributed by atoms with Crippen LogP contribution in [-0.2, 0) is 14.8 Å². The van der Waals surface area contributed by atoms with Crippen LogP contribution in [0, 0.1) is 0 Å². The van der Waals surface area contributed by atoms with Crippen molar-refractivity contribution in [2.75, 3.05) is 12.8 Å². The predicted molar refractivity (Wildman–Crippen MR) is 71.0 cm³/mol. The van der Waals surface area contributed by atoms with Crippen molar-refractivity contribution in [1.29, 1.82) is 0 Å². The van der Waals surface area contributed by atoms with Gasteiger partial charge in [0, 0.05) is 12.6 Å². The lowest BCUT2D eigenvalue weighted by molar-refractivity contribution is -0.125. The van der Waals surface area contributed by atoms with E-state index in [1.54, 1.807) is 0 Å². The van der Waals surface area contributed by atoms with Crippen molar-refractivity contribution in [3.63, 3.8) is 0 Å². The van der Waals surface area contributed by atoms with Crippen molar-refractivity contribution in [1.82, 2.24) is 9.62 Å². The highest BCUT2D eigenvalue weighted by Gasteiger charge is 2.37. The van der Waals surface area contributed by atoms with Crippen molar-refractivity contribution < 1.29 is 18.3 Å². The first kappa shape index (κ1) is 14.7. The summed E-state index contributed by atoms with van der Waals surface area (Å²) in [5.41, 5.74) is 0. The van der Waals surface area contributed by atoms with E-state index in [1.165, 1.54) is 4.31 Å². The molecular weight excluding hydrogens is 268 g/mol. The van der Waals surface area contributed by atoms with Gasteiger partial charge in [0.25, 0.3) is 0 Å². The summed E-state index contributed by atoms with van der Waals surface area (Å²) >= 11 is 0. The fourth-order valence-electron chi connectivity index (χ4n) is 2.92. The molecule has 6 nitrogen and oxygen atoms in total. The first-order chi connectivity index (χ1) is 8.88. The highest BCUT2D eigenvalue weighted by atomic mass is 32.2. The monoisotopic (exact) mass is 290 g/mol. The third-order valence-corrected chi connectivity index (χ3v) is 5.26. The van der Waals surface area contributed by atoms with Crippen LogP contribution in [0.3, 0.4) is 0 Å². The number of aliphatic hydroxyl groups excluding tert-OH is 1. The molecule has 1 saturated carbocycles. The highest BCUT2D eigenvalue weighted by molar-refractivity contribution is 7.88. The van der Waals surface area contributed by atoms with Crippen molar-refractivity contribution in [2.24, 2.45) is 0 Å². The number of hydrogen-bond acceptors (Lipinski definition) is 4. The number of carbonyl (C=O) groups is 1. The standard InChI is InChI=1S/C12H22N2O4S/c1-19(17,18)14-8-2-3-11(14)12(16)13-9-4-6-10(15)7-5-9/h9-11,15H,2-8H2,1H3,(H,13,16). The van der Waals surface area contributed by atoms with E-state index in [9.17, 15) is 18.3 Å². The van der Waals surface area contributed by atoms with Crippen LogP contribution in [0.15, 0.2) is 0 Å². The zero-order valence-electron chi connectivity index (χ0n) is 11.2. The molecule has 7 heteroatoms. The Morgan fingerprint density at radius 3 is 2.42 bits per heavy atom. The number of aliphatic hydroxyl groups is 1. The van der Waals surface area contributed by atoms with Crippen LogP contribution in [-0.4, -0.2) is 54.7 Å². The van der Waals surface area contributed by atoms with Gasteiger partial charge in [-0.2, -0.15) is 4.31 Å². The molecule has 2 fully saturated rings. The zero-order chi connectivity index (χ0) is 14.0. The van der Waals surface area contributed by atoms with E-state index in [0.717, 1.165) is 25.5 Å². The molecule has 1 saturated heterocycles. The summed E-state index contributed by atoms with van der Waals surface area (Å²) in [4.78, 5) is 12.2. The van der Waals surface area contributed by atoms with Crippen LogP contribution in [0.4, 0.5) is 0 Å². The molecule has 0 aromatic rings. The maximum atomic E-state index is 12.2. The van der Waals surface area contributed by atoms with Crippen molar-refractivity contribution in [2.45, 2.75) is 56.7 Å². The fourth-order valence-corrected chi connectivity index (χ4v) is 4.04. The van der Waals surface area contributed by atoms with Gasteiger partial charge in [-0.3, -0.25) is 4.79 Å². The van der Waals surface area contributed by atoms with E-state index in [1.807, 2.05) is 0 Å². The second-order valence-electron chi connectivity index (χ2n) is 5.55. The minimum atomic E-state index is -3.31. The van der Waals surface area contributed by atoms with Gasteiger partial charge in [-0.15, -0.1) is 0 Å². The van der Waals surface area contributed by atoms with Crippen LogP contribution in [0.2, 0.25) is 0 Å². The molecule has 0 spiro atoms. The molecule has 2 aliphatic rings. The number of hydrogen-bond donors (Lipinski definition) is 2. The number of sulfonamides is 1. The molecule has 2 N–H and O–H groups in total. The summed E-state index contributed by atoms with van der Waals surface area (Å²) in [6, 6.07) is -0.486. The summed E-state index contributed by atoms with van der Waals surface area (Å²) in [7, 11) is -3.31. The molecule has 1 unspecified atom stereocenters. The normalized spacial score (nSPS) is 33.3. The predicted octanol–water partition coefficient (Wildman–Crippen LogP) is -0.170. The second kappa shape index (κ2) is 5.76. The quantitative estimate of drug-likeness (QED) is 0.755. The topological polar surface area (TPSA) is 86.7 Å². The number of nitrogens with zero attached hydrogens (tertiary/aromatic N) is 1. The number of nitrogens with one attached hydrogen (secondary N) is 1. The van der Waals surface area contributed by atoms with Crippen LogP contribution in [0.25, 0.3) is 0 Å². The maximum Gasteiger partial charge on any atom is 0.238 e. The Kier molecular flexibility index (Phi) is 4.47. The molecule has 1 aliphatic heterocycles. The van der Waals surface area contributed by atoms with Crippen LogP contribution < -0.4 is 5.32 Å². The van der Waals surface area contributed by atoms with Crippen molar-refractivity contribution >= 4 is 15.9 Å². The highest BCUT2D eigenvalue weighted by Crippen LogP contribution is 2.22. The SMILES string of the molecule is CS(=O)(=O)N1CCCC1C(=O)NC1CCC(O)CC1. The molecular formula is C12H22N2O4S. The van der Waals surface area contributed by atoms with Gasteiger partial charge >= 0.3 is 0 Å². The Bertz CT molecular complexity index is 429. The third-order valence-electron chi connectivity index (χ3n) is 3.98. The Hall–Kier alpha value is -0.660. The lowest BCUT2D eigenvalue weighted by Crippen LogP contribution is -2.49. The van der Waals surface area contributed by atoms with Crippen molar-refractivity contribution in [3.05, 3.63) is 0 Å². The van der Waals surface area contributed by atoms with E-state index < -0.39 is 16.1 Å². The Morgan fingerprint density at radius 2 is 1.84 bits per heavy atom. The Balaban J connectivity index is 1.92. The van der Waals surface area contributed by atoms with Gasteiger partial charge in [0.05, 0.1) is 12.4 Å². The summed E-state index contributed by atoms with van der Waals surface area (Å²) in [6.07, 6.45) is 5.14. The molecule has 2 rings (SSSR count). The third kappa shape index (κ3) is 3.67. The van der Waals surface area contributed by atoms with E-state index in [2.05, 4.69) is 5.32 Å². The van der Waals surface area contributed by atoms with Crippen molar-refractivity contribution in [3.8, 4) is 0 Å². The summed E-state index contributed by atoms with van der Waals surface area (Å²) in [5.74, 6) is -0.190. The molecule has 0 aromatic heterocycles. The molecule has 1 heterocycles. The van der Waals surface area contributed by atoms with Crippen LogP contribution in [0.5, 0.6) is 0 Å². The minimum absolute atomic E-state index is 0.0675. The van der Waals surface area contributed by atoms with Gasteiger partial charge in [0.2, 0.25) is 15.9 Å². The molecule has 1 amide bonds. The molecule has 19 heavy (non-hydrogen) atoms. The van der Waals surface area contributed by atoms with Gasteiger partial charge in [0.15, 0.2) is 0 Å². The average Bonchev–Trinajstić information content (AvgIpc) is 2.81. The molecule has 110 valence electrons. The molecule has 0 bridgehead atoms.